The van der Waals surface area contributed by atoms with E-state index >= 15 is 0 Å². The first-order valence-electron chi connectivity index (χ1n) is 6.40. The molecule has 1 atom stereocenters. The molecule has 108 valence electrons. The summed E-state index contributed by atoms with van der Waals surface area (Å²) < 4.78 is 0. The molecule has 20 heavy (non-hydrogen) atoms. The molecule has 1 saturated heterocycles. The van der Waals surface area contributed by atoms with E-state index in [1.165, 1.54) is 10.4 Å². The summed E-state index contributed by atoms with van der Waals surface area (Å²) in [6.07, 6.45) is 3.73. The van der Waals surface area contributed by atoms with E-state index in [0.29, 0.717) is 6.04 Å². The summed E-state index contributed by atoms with van der Waals surface area (Å²) in [5, 5.41) is 6.31. The monoisotopic (exact) mass is 329 g/mol. The SMILES string of the molecule is Cl.Clc1csc(CN2CCNCC2c2ccncc2)c1. The average molecular weight is 330 g/mol. The molecule has 1 unspecified atom stereocenters. The van der Waals surface area contributed by atoms with Crippen molar-refractivity contribution in [2.24, 2.45) is 0 Å². The molecule has 1 aliphatic rings. The number of aromatic nitrogens is 1. The second-order valence-electron chi connectivity index (χ2n) is 4.70. The van der Waals surface area contributed by atoms with Crippen LogP contribution in [0.5, 0.6) is 0 Å². The van der Waals surface area contributed by atoms with Gasteiger partial charge in [-0.2, -0.15) is 0 Å². The van der Waals surface area contributed by atoms with Crippen LogP contribution in [0.3, 0.4) is 0 Å². The standard InChI is InChI=1S/C14H16ClN3S.ClH/c15-12-7-13(19-10-12)9-18-6-5-17-8-14(18)11-1-3-16-4-2-11;/h1-4,7,10,14,17H,5-6,8-9H2;1H. The maximum atomic E-state index is 6.00. The lowest BCUT2D eigenvalue weighted by Crippen LogP contribution is -2.45. The van der Waals surface area contributed by atoms with Gasteiger partial charge in [-0.25, -0.2) is 0 Å². The summed E-state index contributed by atoms with van der Waals surface area (Å²) in [6, 6.07) is 6.69. The Kier molecular flexibility index (Phi) is 5.81. The van der Waals surface area contributed by atoms with Crippen LogP contribution in [-0.4, -0.2) is 29.5 Å². The van der Waals surface area contributed by atoms with E-state index in [1.807, 2.05) is 17.8 Å². The minimum atomic E-state index is 0. The van der Waals surface area contributed by atoms with E-state index in [2.05, 4.69) is 33.4 Å². The third kappa shape index (κ3) is 3.71. The van der Waals surface area contributed by atoms with Crippen LogP contribution in [0, 0.1) is 0 Å². The number of halogens is 2. The Bertz CT molecular complexity index is 532. The van der Waals surface area contributed by atoms with E-state index in [4.69, 9.17) is 11.6 Å². The first-order valence-corrected chi connectivity index (χ1v) is 7.66. The highest BCUT2D eigenvalue weighted by atomic mass is 35.5. The van der Waals surface area contributed by atoms with Crippen LogP contribution in [0.25, 0.3) is 0 Å². The Morgan fingerprint density at radius 3 is 2.90 bits per heavy atom. The van der Waals surface area contributed by atoms with E-state index in [0.717, 1.165) is 31.2 Å². The highest BCUT2D eigenvalue weighted by Gasteiger charge is 2.23. The van der Waals surface area contributed by atoms with E-state index in [1.54, 1.807) is 11.3 Å². The maximum Gasteiger partial charge on any atom is 0.0516 e. The Hall–Kier alpha value is -0.650. The summed E-state index contributed by atoms with van der Waals surface area (Å²) in [6.45, 7) is 4.05. The highest BCUT2D eigenvalue weighted by Crippen LogP contribution is 2.27. The molecule has 3 rings (SSSR count). The van der Waals surface area contributed by atoms with Gasteiger partial charge in [0.2, 0.25) is 0 Å². The molecule has 3 nitrogen and oxygen atoms in total. The van der Waals surface area contributed by atoms with Gasteiger partial charge in [-0.15, -0.1) is 23.7 Å². The van der Waals surface area contributed by atoms with Crippen molar-refractivity contribution in [3.8, 4) is 0 Å². The number of nitrogens with one attached hydrogen (secondary N) is 1. The lowest BCUT2D eigenvalue weighted by molar-refractivity contribution is 0.155. The van der Waals surface area contributed by atoms with Crippen molar-refractivity contribution in [3.63, 3.8) is 0 Å². The van der Waals surface area contributed by atoms with E-state index in [9.17, 15) is 0 Å². The normalized spacial score (nSPS) is 19.6. The van der Waals surface area contributed by atoms with Crippen LogP contribution >= 0.6 is 35.3 Å². The molecular weight excluding hydrogens is 313 g/mol. The zero-order valence-corrected chi connectivity index (χ0v) is 13.3. The van der Waals surface area contributed by atoms with Crippen LogP contribution in [0.15, 0.2) is 36.0 Å². The third-order valence-corrected chi connectivity index (χ3v) is 4.69. The number of piperazine rings is 1. The van der Waals surface area contributed by atoms with Crippen molar-refractivity contribution in [1.82, 2.24) is 15.2 Å². The van der Waals surface area contributed by atoms with Crippen molar-refractivity contribution in [2.75, 3.05) is 19.6 Å². The Morgan fingerprint density at radius 2 is 2.20 bits per heavy atom. The molecule has 2 aromatic heterocycles. The van der Waals surface area contributed by atoms with Gasteiger partial charge in [-0.05, 0) is 23.8 Å². The second-order valence-corrected chi connectivity index (χ2v) is 6.13. The molecule has 0 spiro atoms. The molecule has 2 aromatic rings. The third-order valence-electron chi connectivity index (χ3n) is 3.43. The van der Waals surface area contributed by atoms with Gasteiger partial charge in [0.1, 0.15) is 0 Å². The Balaban J connectivity index is 0.00000147. The smallest absolute Gasteiger partial charge is 0.0516 e. The molecule has 1 fully saturated rings. The fraction of sp³-hybridized carbons (Fsp3) is 0.357. The van der Waals surface area contributed by atoms with Gasteiger partial charge in [0.25, 0.3) is 0 Å². The highest BCUT2D eigenvalue weighted by molar-refractivity contribution is 7.10. The van der Waals surface area contributed by atoms with Gasteiger partial charge in [-0.1, -0.05) is 11.6 Å². The molecule has 3 heterocycles. The first kappa shape index (κ1) is 15.7. The zero-order valence-electron chi connectivity index (χ0n) is 11.0. The lowest BCUT2D eigenvalue weighted by atomic mass is 10.0. The number of pyridine rings is 1. The van der Waals surface area contributed by atoms with Crippen molar-refractivity contribution in [3.05, 3.63) is 51.4 Å². The fourth-order valence-corrected chi connectivity index (χ4v) is 3.58. The minimum Gasteiger partial charge on any atom is -0.314 e. The Labute approximate surface area is 134 Å². The maximum absolute atomic E-state index is 6.00. The van der Waals surface area contributed by atoms with Crippen LogP contribution in [-0.2, 0) is 6.54 Å². The second kappa shape index (κ2) is 7.38. The van der Waals surface area contributed by atoms with Gasteiger partial charge in [-0.3, -0.25) is 9.88 Å². The van der Waals surface area contributed by atoms with Crippen LogP contribution in [0.4, 0.5) is 0 Å². The van der Waals surface area contributed by atoms with Crippen LogP contribution in [0.1, 0.15) is 16.5 Å². The number of rotatable bonds is 3. The molecule has 0 aliphatic carbocycles. The molecule has 0 radical (unpaired) electrons. The molecule has 6 heteroatoms. The van der Waals surface area contributed by atoms with Gasteiger partial charge in [0.15, 0.2) is 0 Å². The molecule has 1 N–H and O–H groups in total. The summed E-state index contributed by atoms with van der Waals surface area (Å²) in [4.78, 5) is 7.93. The molecule has 0 amide bonds. The molecule has 0 bridgehead atoms. The van der Waals surface area contributed by atoms with Gasteiger partial charge < -0.3 is 5.32 Å². The van der Waals surface area contributed by atoms with Gasteiger partial charge in [0.05, 0.1) is 5.02 Å². The summed E-state index contributed by atoms with van der Waals surface area (Å²) in [5.74, 6) is 0. The zero-order chi connectivity index (χ0) is 13.1. The molecule has 0 aromatic carbocycles. The number of hydrogen-bond acceptors (Lipinski definition) is 4. The van der Waals surface area contributed by atoms with Crippen LogP contribution in [0.2, 0.25) is 5.02 Å². The number of thiophene rings is 1. The predicted molar refractivity (Wildman–Crippen MR) is 86.8 cm³/mol. The van der Waals surface area contributed by atoms with Gasteiger partial charge in [0, 0.05) is 54.9 Å². The summed E-state index contributed by atoms with van der Waals surface area (Å²) in [5.41, 5.74) is 1.32. The fourth-order valence-electron chi connectivity index (χ4n) is 2.49. The topological polar surface area (TPSA) is 28.2 Å². The predicted octanol–water partition coefficient (Wildman–Crippen LogP) is 3.36. The van der Waals surface area contributed by atoms with Crippen molar-refractivity contribution in [1.29, 1.82) is 0 Å². The first-order chi connectivity index (χ1) is 9.33. The quantitative estimate of drug-likeness (QED) is 0.935. The average Bonchev–Trinajstić information content (AvgIpc) is 2.86. The lowest BCUT2D eigenvalue weighted by Gasteiger charge is -2.36. The summed E-state index contributed by atoms with van der Waals surface area (Å²) in [7, 11) is 0. The van der Waals surface area contributed by atoms with Crippen molar-refractivity contribution in [2.45, 2.75) is 12.6 Å². The number of nitrogens with zero attached hydrogens (tertiary/aromatic N) is 2. The van der Waals surface area contributed by atoms with Gasteiger partial charge >= 0.3 is 0 Å². The minimum absolute atomic E-state index is 0. The molecule has 1 aliphatic heterocycles. The largest absolute Gasteiger partial charge is 0.314 e. The molecular formula is C14H17Cl2N3S. The van der Waals surface area contributed by atoms with Crippen molar-refractivity contribution >= 4 is 35.3 Å². The van der Waals surface area contributed by atoms with E-state index < -0.39 is 0 Å². The van der Waals surface area contributed by atoms with Crippen molar-refractivity contribution < 1.29 is 0 Å². The Morgan fingerprint density at radius 1 is 1.40 bits per heavy atom. The number of hydrogen-bond donors (Lipinski definition) is 1. The molecule has 0 saturated carbocycles. The van der Waals surface area contributed by atoms with Crippen LogP contribution < -0.4 is 5.32 Å². The van der Waals surface area contributed by atoms with E-state index in [-0.39, 0.29) is 12.4 Å². The summed E-state index contributed by atoms with van der Waals surface area (Å²) >= 11 is 7.74.